The zero-order valence-electron chi connectivity index (χ0n) is 9.74. The lowest BCUT2D eigenvalue weighted by atomic mass is 10.2. The lowest BCUT2D eigenvalue weighted by molar-refractivity contribution is -0.0187. The Hall–Kier alpha value is -1.77. The number of amides is 1. The van der Waals surface area contributed by atoms with E-state index in [0.717, 1.165) is 0 Å². The van der Waals surface area contributed by atoms with Gasteiger partial charge in [-0.2, -0.15) is 0 Å². The molecule has 1 unspecified atom stereocenters. The van der Waals surface area contributed by atoms with Gasteiger partial charge < -0.3 is 20.2 Å². The summed E-state index contributed by atoms with van der Waals surface area (Å²) in [4.78, 5) is 13.7. The Balaban J connectivity index is 2.13. The first kappa shape index (κ1) is 12.7. The molecule has 1 amide bonds. The van der Waals surface area contributed by atoms with Crippen LogP contribution < -0.4 is 11.3 Å². The molecule has 1 saturated heterocycles. The summed E-state index contributed by atoms with van der Waals surface area (Å²) in [5.74, 6) is 5.28. The Bertz CT molecular complexity index is 410. The second-order valence-electron chi connectivity index (χ2n) is 3.86. The molecule has 1 aromatic heterocycles. The highest BCUT2D eigenvalue weighted by atomic mass is 16.5. The molecule has 18 heavy (non-hydrogen) atoms. The number of nitrogen functional groups attached to an aromatic ring is 1. The number of hydrazine groups is 1. The monoisotopic (exact) mass is 253 g/mol. The van der Waals surface area contributed by atoms with E-state index < -0.39 is 0 Å². The third-order valence-corrected chi connectivity index (χ3v) is 2.73. The van der Waals surface area contributed by atoms with E-state index >= 15 is 0 Å². The van der Waals surface area contributed by atoms with Crippen molar-refractivity contribution >= 4 is 11.7 Å². The Morgan fingerprint density at radius 3 is 3.06 bits per heavy atom. The molecule has 0 aliphatic carbocycles. The number of anilines is 1. The van der Waals surface area contributed by atoms with Crippen molar-refractivity contribution in [2.24, 2.45) is 5.84 Å². The van der Waals surface area contributed by atoms with Gasteiger partial charge in [-0.05, 0) is 12.1 Å². The summed E-state index contributed by atoms with van der Waals surface area (Å²) in [6, 6.07) is 2.77. The van der Waals surface area contributed by atoms with Gasteiger partial charge in [0, 0.05) is 6.54 Å². The normalized spacial score (nSPS) is 19.7. The van der Waals surface area contributed by atoms with Crippen LogP contribution in [0.15, 0.2) is 12.1 Å². The molecule has 0 radical (unpaired) electrons. The van der Waals surface area contributed by atoms with Gasteiger partial charge in [-0.25, -0.2) is 5.84 Å². The lowest BCUT2D eigenvalue weighted by Crippen LogP contribution is -2.50. The highest BCUT2D eigenvalue weighted by Gasteiger charge is 2.28. The molecular weight excluding hydrogens is 238 g/mol. The summed E-state index contributed by atoms with van der Waals surface area (Å²) >= 11 is 0. The van der Waals surface area contributed by atoms with Crippen LogP contribution in [0.2, 0.25) is 0 Å². The smallest absolute Gasteiger partial charge is 0.274 e. The van der Waals surface area contributed by atoms with E-state index in [1.54, 1.807) is 11.0 Å². The lowest BCUT2D eigenvalue weighted by Gasteiger charge is -2.34. The molecule has 1 atom stereocenters. The van der Waals surface area contributed by atoms with Gasteiger partial charge in [0.2, 0.25) is 0 Å². The maximum atomic E-state index is 12.2. The van der Waals surface area contributed by atoms with Gasteiger partial charge in [0.15, 0.2) is 11.5 Å². The molecule has 0 spiro atoms. The van der Waals surface area contributed by atoms with E-state index in [0.29, 0.717) is 25.6 Å². The highest BCUT2D eigenvalue weighted by molar-refractivity contribution is 5.92. The SMILES string of the molecule is NNc1ccc(C(=O)N2CCOCC2CO)nn1. The van der Waals surface area contributed by atoms with Crippen molar-refractivity contribution in [3.05, 3.63) is 17.8 Å². The number of nitrogens with zero attached hydrogens (tertiary/aromatic N) is 3. The number of aliphatic hydroxyl groups is 1. The number of hydrogen-bond donors (Lipinski definition) is 3. The van der Waals surface area contributed by atoms with Gasteiger partial charge in [0.05, 0.1) is 25.9 Å². The van der Waals surface area contributed by atoms with Crippen molar-refractivity contribution in [2.75, 3.05) is 31.8 Å². The molecule has 1 aromatic rings. The van der Waals surface area contributed by atoms with Gasteiger partial charge in [0.1, 0.15) is 0 Å². The maximum absolute atomic E-state index is 12.2. The molecule has 8 heteroatoms. The molecule has 98 valence electrons. The Morgan fingerprint density at radius 2 is 2.44 bits per heavy atom. The van der Waals surface area contributed by atoms with Crippen LogP contribution in [-0.4, -0.2) is 58.5 Å². The zero-order valence-corrected chi connectivity index (χ0v) is 9.74. The van der Waals surface area contributed by atoms with Gasteiger partial charge in [-0.15, -0.1) is 10.2 Å². The molecule has 1 fully saturated rings. The van der Waals surface area contributed by atoms with Crippen LogP contribution in [0.25, 0.3) is 0 Å². The summed E-state index contributed by atoms with van der Waals surface area (Å²) in [6.07, 6.45) is 0. The fourth-order valence-electron chi connectivity index (χ4n) is 1.74. The molecule has 0 bridgehead atoms. The molecule has 0 saturated carbocycles. The molecular formula is C10H15N5O3. The molecule has 1 aliphatic rings. The summed E-state index contributed by atoms with van der Waals surface area (Å²) in [5.41, 5.74) is 2.55. The topological polar surface area (TPSA) is 114 Å². The number of nitrogens with two attached hydrogens (primary N) is 1. The third kappa shape index (κ3) is 2.55. The van der Waals surface area contributed by atoms with Gasteiger partial charge in [-0.1, -0.05) is 0 Å². The number of nitrogens with one attached hydrogen (secondary N) is 1. The number of rotatable bonds is 3. The van der Waals surface area contributed by atoms with Gasteiger partial charge in [-0.3, -0.25) is 4.79 Å². The maximum Gasteiger partial charge on any atom is 0.274 e. The van der Waals surface area contributed by atoms with E-state index in [4.69, 9.17) is 10.6 Å². The Morgan fingerprint density at radius 1 is 1.61 bits per heavy atom. The van der Waals surface area contributed by atoms with Crippen molar-refractivity contribution in [3.63, 3.8) is 0 Å². The van der Waals surface area contributed by atoms with E-state index in [-0.39, 0.29) is 24.2 Å². The first-order valence-electron chi connectivity index (χ1n) is 5.56. The van der Waals surface area contributed by atoms with E-state index in [9.17, 15) is 9.90 Å². The number of aliphatic hydroxyl groups excluding tert-OH is 1. The molecule has 4 N–H and O–H groups in total. The molecule has 0 aromatic carbocycles. The van der Waals surface area contributed by atoms with Crippen LogP contribution in [0.5, 0.6) is 0 Å². The van der Waals surface area contributed by atoms with Crippen molar-refractivity contribution in [2.45, 2.75) is 6.04 Å². The Kier molecular flexibility index (Phi) is 4.03. The first-order chi connectivity index (χ1) is 8.76. The standard InChI is InChI=1S/C10H15N5O3/c11-12-9-2-1-8(13-14-9)10(17)15-3-4-18-6-7(15)5-16/h1-2,7,16H,3-6,11H2,(H,12,14). The molecule has 2 rings (SSSR count). The van der Waals surface area contributed by atoms with Crippen molar-refractivity contribution < 1.29 is 14.6 Å². The fraction of sp³-hybridized carbons (Fsp3) is 0.500. The van der Waals surface area contributed by atoms with E-state index in [2.05, 4.69) is 15.6 Å². The quantitative estimate of drug-likeness (QED) is 0.448. The largest absolute Gasteiger partial charge is 0.394 e. The number of ether oxygens (including phenoxy) is 1. The van der Waals surface area contributed by atoms with Crippen LogP contribution in [-0.2, 0) is 4.74 Å². The minimum Gasteiger partial charge on any atom is -0.394 e. The van der Waals surface area contributed by atoms with E-state index in [1.165, 1.54) is 6.07 Å². The van der Waals surface area contributed by atoms with Crippen LogP contribution >= 0.6 is 0 Å². The van der Waals surface area contributed by atoms with Crippen LogP contribution in [0, 0.1) is 0 Å². The van der Waals surface area contributed by atoms with Gasteiger partial charge in [0.25, 0.3) is 5.91 Å². The van der Waals surface area contributed by atoms with Crippen LogP contribution in [0.1, 0.15) is 10.5 Å². The number of morpholine rings is 1. The summed E-state index contributed by atoms with van der Waals surface area (Å²) in [5, 5.41) is 16.7. The number of carbonyl (C=O) groups is 1. The number of aromatic nitrogens is 2. The van der Waals surface area contributed by atoms with Crippen molar-refractivity contribution in [1.29, 1.82) is 0 Å². The van der Waals surface area contributed by atoms with Crippen molar-refractivity contribution in [3.8, 4) is 0 Å². The van der Waals surface area contributed by atoms with Crippen LogP contribution in [0.3, 0.4) is 0 Å². The highest BCUT2D eigenvalue weighted by Crippen LogP contribution is 2.11. The van der Waals surface area contributed by atoms with Crippen molar-refractivity contribution in [1.82, 2.24) is 15.1 Å². The minimum atomic E-state index is -0.333. The minimum absolute atomic E-state index is 0.137. The molecule has 1 aliphatic heterocycles. The number of carbonyl (C=O) groups excluding carboxylic acids is 1. The first-order valence-corrected chi connectivity index (χ1v) is 5.56. The molecule has 2 heterocycles. The average molecular weight is 253 g/mol. The predicted molar refractivity (Wildman–Crippen MR) is 62.6 cm³/mol. The van der Waals surface area contributed by atoms with E-state index in [1.807, 2.05) is 0 Å². The number of hydrogen-bond acceptors (Lipinski definition) is 7. The zero-order chi connectivity index (χ0) is 13.0. The second-order valence-corrected chi connectivity index (χ2v) is 3.86. The fourth-order valence-corrected chi connectivity index (χ4v) is 1.74. The second kappa shape index (κ2) is 5.71. The summed E-state index contributed by atoms with van der Waals surface area (Å²) < 4.78 is 5.21. The third-order valence-electron chi connectivity index (χ3n) is 2.73. The average Bonchev–Trinajstić information content (AvgIpc) is 2.46. The Labute approximate surface area is 104 Å². The van der Waals surface area contributed by atoms with Gasteiger partial charge >= 0.3 is 0 Å². The summed E-state index contributed by atoms with van der Waals surface area (Å²) in [6.45, 7) is 1.08. The van der Waals surface area contributed by atoms with Crippen LogP contribution in [0.4, 0.5) is 5.82 Å². The predicted octanol–water partition coefficient (Wildman–Crippen LogP) is -1.40. The molecule has 8 nitrogen and oxygen atoms in total. The summed E-state index contributed by atoms with van der Waals surface area (Å²) in [7, 11) is 0.